The van der Waals surface area contributed by atoms with E-state index in [0.29, 0.717) is 4.90 Å². The van der Waals surface area contributed by atoms with Crippen LogP contribution in [0.25, 0.3) is 0 Å². The van der Waals surface area contributed by atoms with Gasteiger partial charge < -0.3 is 5.32 Å². The average molecular weight is 294 g/mol. The van der Waals surface area contributed by atoms with E-state index in [0.717, 1.165) is 24.5 Å². The molecule has 0 spiro atoms. The number of aryl methyl sites for hydroxylation is 1. The maximum atomic E-state index is 13.6. The molecule has 1 atom stereocenters. The smallest absolute Gasteiger partial charge is 0.138 e. The Bertz CT molecular complexity index is 543. The van der Waals surface area contributed by atoms with Gasteiger partial charge >= 0.3 is 0 Å². The highest BCUT2D eigenvalue weighted by Gasteiger charge is 2.13. The maximum Gasteiger partial charge on any atom is 0.138 e. The number of hydrogen-bond acceptors (Lipinski definition) is 4. The molecule has 0 aliphatic heterocycles. The Morgan fingerprint density at radius 1 is 1.40 bits per heavy atom. The van der Waals surface area contributed by atoms with E-state index in [1.54, 1.807) is 18.5 Å². The van der Waals surface area contributed by atoms with Crippen LogP contribution in [-0.4, -0.2) is 33.6 Å². The molecule has 2 aromatic rings. The van der Waals surface area contributed by atoms with Gasteiger partial charge in [0.05, 0.1) is 0 Å². The number of rotatable bonds is 7. The summed E-state index contributed by atoms with van der Waals surface area (Å²) >= 11 is 1.52. The van der Waals surface area contributed by atoms with Crippen molar-refractivity contribution in [2.45, 2.75) is 30.8 Å². The predicted octanol–water partition coefficient (Wildman–Crippen LogP) is 2.36. The summed E-state index contributed by atoms with van der Waals surface area (Å²) < 4.78 is 15.5. The van der Waals surface area contributed by atoms with Gasteiger partial charge in [-0.05, 0) is 26.1 Å². The Labute approximate surface area is 122 Å². The Morgan fingerprint density at radius 2 is 2.20 bits per heavy atom. The van der Waals surface area contributed by atoms with Crippen molar-refractivity contribution in [2.24, 2.45) is 0 Å². The number of thioether (sulfide) groups is 1. The standard InChI is InChI=1S/C14H19FN4S/c1-3-19-14(17-10-18-19)8-11(16-2)9-20-13-7-5-4-6-12(13)15/h4-7,10-11,16H,3,8-9H2,1-2H3. The van der Waals surface area contributed by atoms with Crippen molar-refractivity contribution < 1.29 is 4.39 Å². The predicted molar refractivity (Wildman–Crippen MR) is 79.4 cm³/mol. The molecular formula is C14H19FN4S. The second-order valence-electron chi connectivity index (χ2n) is 4.42. The van der Waals surface area contributed by atoms with Gasteiger partial charge in [-0.15, -0.1) is 11.8 Å². The van der Waals surface area contributed by atoms with Crippen LogP contribution < -0.4 is 5.32 Å². The third kappa shape index (κ3) is 3.80. The van der Waals surface area contributed by atoms with E-state index in [9.17, 15) is 4.39 Å². The first-order chi connectivity index (χ1) is 9.74. The molecule has 0 aliphatic carbocycles. The number of nitrogens with one attached hydrogen (secondary N) is 1. The summed E-state index contributed by atoms with van der Waals surface area (Å²) in [5.74, 6) is 1.58. The van der Waals surface area contributed by atoms with E-state index in [1.807, 2.05) is 24.7 Å². The number of aromatic nitrogens is 3. The summed E-state index contributed by atoms with van der Waals surface area (Å²) in [6.07, 6.45) is 2.36. The van der Waals surface area contributed by atoms with Gasteiger partial charge in [0.2, 0.25) is 0 Å². The molecule has 1 N–H and O–H groups in total. The average Bonchev–Trinajstić information content (AvgIpc) is 2.92. The van der Waals surface area contributed by atoms with Crippen molar-refractivity contribution in [3.05, 3.63) is 42.2 Å². The second kappa shape index (κ2) is 7.40. The molecule has 0 saturated heterocycles. The summed E-state index contributed by atoms with van der Waals surface area (Å²) in [5.41, 5.74) is 0. The molecule has 2 rings (SSSR count). The molecule has 6 heteroatoms. The summed E-state index contributed by atoms with van der Waals surface area (Å²) in [6.45, 7) is 2.85. The topological polar surface area (TPSA) is 42.7 Å². The molecule has 20 heavy (non-hydrogen) atoms. The summed E-state index contributed by atoms with van der Waals surface area (Å²) in [5, 5.41) is 7.42. The molecular weight excluding hydrogens is 275 g/mol. The van der Waals surface area contributed by atoms with Crippen molar-refractivity contribution in [3.8, 4) is 0 Å². The SMILES string of the molecule is CCn1ncnc1CC(CSc1ccccc1F)NC. The quantitative estimate of drug-likeness (QED) is 0.796. The lowest BCUT2D eigenvalue weighted by Gasteiger charge is -2.15. The van der Waals surface area contributed by atoms with Gasteiger partial charge in [-0.25, -0.2) is 9.37 Å². The molecule has 1 aromatic carbocycles. The zero-order valence-electron chi connectivity index (χ0n) is 11.7. The Morgan fingerprint density at radius 3 is 2.90 bits per heavy atom. The van der Waals surface area contributed by atoms with Crippen LogP contribution in [0.3, 0.4) is 0 Å². The van der Waals surface area contributed by atoms with E-state index in [4.69, 9.17) is 0 Å². The highest BCUT2D eigenvalue weighted by molar-refractivity contribution is 7.99. The first-order valence-corrected chi connectivity index (χ1v) is 7.64. The van der Waals surface area contributed by atoms with E-state index in [2.05, 4.69) is 15.4 Å². The molecule has 0 fully saturated rings. The Kier molecular flexibility index (Phi) is 5.55. The fourth-order valence-electron chi connectivity index (χ4n) is 1.93. The number of nitrogens with zero attached hydrogens (tertiary/aromatic N) is 3. The number of benzene rings is 1. The molecule has 1 heterocycles. The lowest BCUT2D eigenvalue weighted by Crippen LogP contribution is -2.31. The van der Waals surface area contributed by atoms with Gasteiger partial charge in [-0.1, -0.05) is 12.1 Å². The van der Waals surface area contributed by atoms with Crippen LogP contribution in [0.1, 0.15) is 12.7 Å². The number of likely N-dealkylation sites (N-methyl/N-ethyl adjacent to an activating group) is 1. The molecule has 0 amide bonds. The normalized spacial score (nSPS) is 12.6. The summed E-state index contributed by atoms with van der Waals surface area (Å²) in [7, 11) is 1.92. The van der Waals surface area contributed by atoms with Crippen LogP contribution in [0, 0.1) is 5.82 Å². The molecule has 108 valence electrons. The van der Waals surface area contributed by atoms with Gasteiger partial charge in [0.25, 0.3) is 0 Å². The fourth-order valence-corrected chi connectivity index (χ4v) is 2.97. The van der Waals surface area contributed by atoms with Gasteiger partial charge in [0.15, 0.2) is 0 Å². The van der Waals surface area contributed by atoms with Gasteiger partial charge in [0, 0.05) is 29.7 Å². The van der Waals surface area contributed by atoms with E-state index in [1.165, 1.54) is 17.8 Å². The minimum atomic E-state index is -0.163. The van der Waals surface area contributed by atoms with Gasteiger partial charge in [-0.2, -0.15) is 5.10 Å². The molecule has 0 aliphatic rings. The maximum absolute atomic E-state index is 13.6. The molecule has 0 bridgehead atoms. The number of hydrogen-bond donors (Lipinski definition) is 1. The molecule has 4 nitrogen and oxygen atoms in total. The Hall–Kier alpha value is -1.40. The van der Waals surface area contributed by atoms with Crippen LogP contribution >= 0.6 is 11.8 Å². The third-order valence-electron chi connectivity index (χ3n) is 3.11. The van der Waals surface area contributed by atoms with Crippen molar-refractivity contribution in [1.29, 1.82) is 0 Å². The minimum absolute atomic E-state index is 0.163. The minimum Gasteiger partial charge on any atom is -0.316 e. The highest BCUT2D eigenvalue weighted by Crippen LogP contribution is 2.22. The third-order valence-corrected chi connectivity index (χ3v) is 4.32. The molecule has 1 aromatic heterocycles. The first kappa shape index (κ1) is 15.0. The molecule has 0 radical (unpaired) electrons. The van der Waals surface area contributed by atoms with Gasteiger partial charge in [-0.3, -0.25) is 4.68 Å². The lowest BCUT2D eigenvalue weighted by atomic mass is 10.2. The highest BCUT2D eigenvalue weighted by atomic mass is 32.2. The molecule has 1 unspecified atom stereocenters. The van der Waals surface area contributed by atoms with E-state index >= 15 is 0 Å². The van der Waals surface area contributed by atoms with Crippen molar-refractivity contribution >= 4 is 11.8 Å². The number of halogens is 1. The van der Waals surface area contributed by atoms with Crippen LogP contribution in [0.5, 0.6) is 0 Å². The van der Waals surface area contributed by atoms with Crippen molar-refractivity contribution in [2.75, 3.05) is 12.8 Å². The van der Waals surface area contributed by atoms with Crippen molar-refractivity contribution in [3.63, 3.8) is 0 Å². The van der Waals surface area contributed by atoms with Crippen LogP contribution in [0.2, 0.25) is 0 Å². The van der Waals surface area contributed by atoms with Crippen LogP contribution in [0.4, 0.5) is 4.39 Å². The van der Waals surface area contributed by atoms with Crippen LogP contribution in [-0.2, 0) is 13.0 Å². The first-order valence-electron chi connectivity index (χ1n) is 6.65. The Balaban J connectivity index is 1.94. The van der Waals surface area contributed by atoms with E-state index in [-0.39, 0.29) is 11.9 Å². The second-order valence-corrected chi connectivity index (χ2v) is 5.49. The zero-order valence-corrected chi connectivity index (χ0v) is 12.5. The summed E-state index contributed by atoms with van der Waals surface area (Å²) in [6, 6.07) is 7.09. The lowest BCUT2D eigenvalue weighted by molar-refractivity contribution is 0.548. The fraction of sp³-hybridized carbons (Fsp3) is 0.429. The van der Waals surface area contributed by atoms with Gasteiger partial charge in [0.1, 0.15) is 18.0 Å². The van der Waals surface area contributed by atoms with E-state index < -0.39 is 0 Å². The monoisotopic (exact) mass is 294 g/mol. The van der Waals surface area contributed by atoms with Crippen LogP contribution in [0.15, 0.2) is 35.5 Å². The zero-order chi connectivity index (χ0) is 14.4. The molecule has 0 saturated carbocycles. The largest absolute Gasteiger partial charge is 0.316 e. The summed E-state index contributed by atoms with van der Waals surface area (Å²) in [4.78, 5) is 4.96. The van der Waals surface area contributed by atoms with Crippen molar-refractivity contribution in [1.82, 2.24) is 20.1 Å².